The highest BCUT2D eigenvalue weighted by Gasteiger charge is 2.55. The topological polar surface area (TPSA) is 76.7 Å². The molecule has 0 spiro atoms. The van der Waals surface area contributed by atoms with Crippen LogP contribution in [0, 0.1) is 11.8 Å². The highest BCUT2D eigenvalue weighted by molar-refractivity contribution is 6.30. The van der Waals surface area contributed by atoms with Crippen LogP contribution in [0.2, 0.25) is 5.02 Å². The van der Waals surface area contributed by atoms with Crippen molar-refractivity contribution >= 4 is 23.4 Å². The predicted molar refractivity (Wildman–Crippen MR) is 126 cm³/mol. The lowest BCUT2D eigenvalue weighted by Gasteiger charge is -2.19. The Labute approximate surface area is 199 Å². The average molecular weight is 469 g/mol. The molecule has 2 aromatic rings. The lowest BCUT2D eigenvalue weighted by molar-refractivity contribution is -0.124. The van der Waals surface area contributed by atoms with Crippen molar-refractivity contribution in [1.82, 2.24) is 10.6 Å². The SMILES string of the molecule is O=C(COc1ccc2c(c1)CCCC2)N[C@H]1C[C@@H](NC(=O)COc2ccc(Cl)cc2)C2CC21. The molecule has 3 aliphatic carbocycles. The quantitative estimate of drug-likeness (QED) is 0.619. The normalized spacial score (nSPS) is 24.9. The maximum atomic E-state index is 12.5. The molecule has 0 aromatic heterocycles. The Balaban J connectivity index is 1.05. The first kappa shape index (κ1) is 22.1. The van der Waals surface area contributed by atoms with Crippen molar-refractivity contribution in [3.05, 3.63) is 58.6 Å². The standard InChI is InChI=1S/C26H29ClN2O4/c27-18-6-9-19(10-7-18)32-14-25(30)28-23-13-24(22-12-21(22)23)29-26(31)15-33-20-8-5-16-3-1-2-4-17(16)11-20/h5-11,21-24H,1-4,12-15H2,(H,28,30)(H,29,31)/t21?,22?,23-,24+/m1/s1. The first-order chi connectivity index (χ1) is 16.0. The van der Waals surface area contributed by atoms with Gasteiger partial charge < -0.3 is 20.1 Å². The Kier molecular flexibility index (Phi) is 6.45. The molecule has 0 aliphatic heterocycles. The van der Waals surface area contributed by atoms with Gasteiger partial charge in [0.1, 0.15) is 11.5 Å². The zero-order valence-electron chi connectivity index (χ0n) is 18.5. The van der Waals surface area contributed by atoms with Crippen molar-refractivity contribution in [2.24, 2.45) is 11.8 Å². The number of halogens is 1. The first-order valence-electron chi connectivity index (χ1n) is 11.8. The minimum Gasteiger partial charge on any atom is -0.484 e. The van der Waals surface area contributed by atoms with Crippen LogP contribution < -0.4 is 20.1 Å². The Morgan fingerprint density at radius 2 is 1.36 bits per heavy atom. The van der Waals surface area contributed by atoms with Gasteiger partial charge in [-0.25, -0.2) is 0 Å². The van der Waals surface area contributed by atoms with E-state index in [1.165, 1.54) is 24.0 Å². The van der Waals surface area contributed by atoms with Gasteiger partial charge in [0.15, 0.2) is 13.2 Å². The number of hydrogen-bond acceptors (Lipinski definition) is 4. The fourth-order valence-electron chi connectivity index (χ4n) is 5.24. The minimum absolute atomic E-state index is 0.0125. The van der Waals surface area contributed by atoms with E-state index in [4.69, 9.17) is 21.1 Å². The fourth-order valence-corrected chi connectivity index (χ4v) is 5.37. The Hall–Kier alpha value is -2.73. The van der Waals surface area contributed by atoms with E-state index >= 15 is 0 Å². The second-order valence-corrected chi connectivity index (χ2v) is 9.75. The van der Waals surface area contributed by atoms with Gasteiger partial charge in [-0.15, -0.1) is 0 Å². The van der Waals surface area contributed by atoms with E-state index in [-0.39, 0.29) is 37.1 Å². The number of ether oxygens (including phenoxy) is 2. The molecule has 2 N–H and O–H groups in total. The van der Waals surface area contributed by atoms with Crippen molar-refractivity contribution in [3.8, 4) is 11.5 Å². The van der Waals surface area contributed by atoms with Gasteiger partial charge in [0.2, 0.25) is 0 Å². The lowest BCUT2D eigenvalue weighted by Crippen LogP contribution is -2.42. The van der Waals surface area contributed by atoms with E-state index in [2.05, 4.69) is 22.8 Å². The number of nitrogens with one attached hydrogen (secondary N) is 2. The molecule has 0 bridgehead atoms. The Bertz CT molecular complexity index is 1030. The molecule has 6 nitrogen and oxygen atoms in total. The summed E-state index contributed by atoms with van der Waals surface area (Å²) in [4.78, 5) is 24.8. The summed E-state index contributed by atoms with van der Waals surface area (Å²) in [5, 5.41) is 6.80. The van der Waals surface area contributed by atoms with E-state index < -0.39 is 0 Å². The zero-order valence-corrected chi connectivity index (χ0v) is 19.3. The van der Waals surface area contributed by atoms with Crippen LogP contribution in [0.25, 0.3) is 0 Å². The number of carbonyl (C=O) groups excluding carboxylic acids is 2. The van der Waals surface area contributed by atoms with Gasteiger partial charge in [-0.1, -0.05) is 17.7 Å². The van der Waals surface area contributed by atoms with Gasteiger partial charge in [0, 0.05) is 17.1 Å². The van der Waals surface area contributed by atoms with Crippen LogP contribution in [0.15, 0.2) is 42.5 Å². The van der Waals surface area contributed by atoms with Crippen molar-refractivity contribution < 1.29 is 19.1 Å². The number of fused-ring (bicyclic) bond motifs is 2. The molecule has 0 saturated heterocycles. The maximum Gasteiger partial charge on any atom is 0.258 e. The Morgan fingerprint density at radius 3 is 2.03 bits per heavy atom. The van der Waals surface area contributed by atoms with Gasteiger partial charge in [-0.2, -0.15) is 0 Å². The van der Waals surface area contributed by atoms with Crippen LogP contribution in [-0.2, 0) is 22.4 Å². The number of benzene rings is 2. The molecule has 2 saturated carbocycles. The highest BCUT2D eigenvalue weighted by atomic mass is 35.5. The van der Waals surface area contributed by atoms with Crippen molar-refractivity contribution in [2.45, 2.75) is 50.6 Å². The van der Waals surface area contributed by atoms with E-state index in [1.807, 2.05) is 6.07 Å². The molecule has 2 amide bonds. The molecular formula is C26H29ClN2O4. The molecule has 3 aliphatic rings. The highest BCUT2D eigenvalue weighted by Crippen LogP contribution is 2.51. The molecule has 2 aromatic carbocycles. The molecular weight excluding hydrogens is 440 g/mol. The molecule has 4 atom stereocenters. The van der Waals surface area contributed by atoms with Crippen molar-refractivity contribution in [2.75, 3.05) is 13.2 Å². The largest absolute Gasteiger partial charge is 0.484 e. The summed E-state index contributed by atoms with van der Waals surface area (Å²) >= 11 is 5.86. The summed E-state index contributed by atoms with van der Waals surface area (Å²) in [6, 6.07) is 13.2. The maximum absolute atomic E-state index is 12.5. The van der Waals surface area contributed by atoms with Crippen LogP contribution in [0.3, 0.4) is 0 Å². The molecule has 0 radical (unpaired) electrons. The molecule has 0 heterocycles. The second-order valence-electron chi connectivity index (χ2n) is 9.32. The lowest BCUT2D eigenvalue weighted by atomic mass is 9.92. The number of carbonyl (C=O) groups is 2. The third-order valence-corrected chi connectivity index (χ3v) is 7.25. The van der Waals surface area contributed by atoms with Crippen LogP contribution in [-0.4, -0.2) is 37.1 Å². The monoisotopic (exact) mass is 468 g/mol. The summed E-state index contributed by atoms with van der Waals surface area (Å²) in [5.74, 6) is 1.96. The first-order valence-corrected chi connectivity index (χ1v) is 12.1. The smallest absolute Gasteiger partial charge is 0.258 e. The molecule has 174 valence electrons. The van der Waals surface area contributed by atoms with Crippen LogP contribution >= 0.6 is 11.6 Å². The Morgan fingerprint density at radius 1 is 0.788 bits per heavy atom. The number of aryl methyl sites for hydroxylation is 2. The third kappa shape index (κ3) is 5.44. The van der Waals surface area contributed by atoms with Crippen LogP contribution in [0.1, 0.15) is 36.8 Å². The van der Waals surface area contributed by atoms with E-state index in [0.29, 0.717) is 22.6 Å². The summed E-state index contributed by atoms with van der Waals surface area (Å²) in [5.41, 5.74) is 2.74. The van der Waals surface area contributed by atoms with E-state index in [9.17, 15) is 9.59 Å². The fraction of sp³-hybridized carbons (Fsp3) is 0.462. The summed E-state index contributed by atoms with van der Waals surface area (Å²) in [6.07, 6.45) is 6.45. The number of amides is 2. The molecule has 33 heavy (non-hydrogen) atoms. The zero-order chi connectivity index (χ0) is 22.8. The summed E-state index contributed by atoms with van der Waals surface area (Å²) in [6.45, 7) is -0.0280. The summed E-state index contributed by atoms with van der Waals surface area (Å²) in [7, 11) is 0. The van der Waals surface area contributed by atoms with Gasteiger partial charge in [0.25, 0.3) is 11.8 Å². The van der Waals surface area contributed by atoms with E-state index in [1.54, 1.807) is 24.3 Å². The van der Waals surface area contributed by atoms with Crippen LogP contribution in [0.5, 0.6) is 11.5 Å². The van der Waals surface area contributed by atoms with Gasteiger partial charge in [0.05, 0.1) is 0 Å². The second kappa shape index (κ2) is 9.64. The van der Waals surface area contributed by atoms with Crippen LogP contribution in [0.4, 0.5) is 0 Å². The number of rotatable bonds is 8. The molecule has 2 unspecified atom stereocenters. The van der Waals surface area contributed by atoms with Crippen molar-refractivity contribution in [1.29, 1.82) is 0 Å². The van der Waals surface area contributed by atoms with Gasteiger partial charge >= 0.3 is 0 Å². The van der Waals surface area contributed by atoms with E-state index in [0.717, 1.165) is 31.4 Å². The van der Waals surface area contributed by atoms with Crippen molar-refractivity contribution in [3.63, 3.8) is 0 Å². The third-order valence-electron chi connectivity index (χ3n) is 7.00. The minimum atomic E-state index is -0.150. The van der Waals surface area contributed by atoms with Gasteiger partial charge in [-0.3, -0.25) is 9.59 Å². The molecule has 2 fully saturated rings. The average Bonchev–Trinajstić information content (AvgIpc) is 3.56. The summed E-state index contributed by atoms with van der Waals surface area (Å²) < 4.78 is 11.3. The molecule has 7 heteroatoms. The van der Waals surface area contributed by atoms with Gasteiger partial charge in [-0.05, 0) is 97.9 Å². The molecule has 5 rings (SSSR count). The number of hydrogen-bond donors (Lipinski definition) is 2. The predicted octanol–water partition coefficient (Wildman–Crippen LogP) is 3.69.